The molecule has 0 bridgehead atoms. The first-order chi connectivity index (χ1) is 10.9. The Bertz CT molecular complexity index is 679. The topological polar surface area (TPSA) is 82.6 Å². The van der Waals surface area contributed by atoms with Crippen molar-refractivity contribution in [2.75, 3.05) is 26.4 Å². The number of fused-ring (bicyclic) bond motifs is 1. The highest BCUT2D eigenvalue weighted by atomic mass is 32.2. The molecule has 1 N–H and O–H groups in total. The Kier molecular flexibility index (Phi) is 4.39. The molecule has 23 heavy (non-hydrogen) atoms. The highest BCUT2D eigenvalue weighted by Gasteiger charge is 2.52. The number of hydrogen-bond donors (Lipinski definition) is 1. The summed E-state index contributed by atoms with van der Waals surface area (Å²) in [6, 6.07) is 5.08. The van der Waals surface area contributed by atoms with Crippen LogP contribution in [-0.4, -0.2) is 67.0 Å². The molecule has 0 spiro atoms. The highest BCUT2D eigenvalue weighted by molar-refractivity contribution is 7.88. The second-order valence-corrected chi connectivity index (χ2v) is 8.19. The molecule has 126 valence electrons. The van der Waals surface area contributed by atoms with E-state index in [1.165, 1.54) is 10.6 Å². The summed E-state index contributed by atoms with van der Waals surface area (Å²) in [5.41, 5.74) is 0.973. The van der Waals surface area contributed by atoms with Crippen LogP contribution in [-0.2, 0) is 21.4 Å². The average Bonchev–Trinajstić information content (AvgIpc) is 3.03. The summed E-state index contributed by atoms with van der Waals surface area (Å²) < 4.78 is 25.8. The van der Waals surface area contributed by atoms with Gasteiger partial charge in [0.15, 0.2) is 0 Å². The van der Waals surface area contributed by atoms with Crippen molar-refractivity contribution >= 4 is 15.9 Å². The van der Waals surface area contributed by atoms with E-state index in [1.807, 2.05) is 18.2 Å². The van der Waals surface area contributed by atoms with E-state index in [0.717, 1.165) is 12.2 Å². The number of aromatic nitrogens is 1. The average molecular weight is 338 g/mol. The fourth-order valence-electron chi connectivity index (χ4n) is 3.80. The van der Waals surface area contributed by atoms with Crippen LogP contribution in [0.2, 0.25) is 0 Å². The van der Waals surface area contributed by atoms with Gasteiger partial charge in [0.25, 0.3) is 0 Å². The molecule has 3 heterocycles. The number of rotatable bonds is 4. The zero-order chi connectivity index (χ0) is 16.6. The lowest BCUT2D eigenvalue weighted by molar-refractivity contribution is -0.124. The van der Waals surface area contributed by atoms with Gasteiger partial charge in [-0.3, -0.25) is 14.7 Å². The van der Waals surface area contributed by atoms with Crippen molar-refractivity contribution in [3.05, 3.63) is 30.1 Å². The van der Waals surface area contributed by atoms with Gasteiger partial charge in [-0.05, 0) is 24.5 Å². The van der Waals surface area contributed by atoms with Gasteiger partial charge >= 0.3 is 0 Å². The molecule has 0 radical (unpaired) electrons. The first-order valence-electron chi connectivity index (χ1n) is 7.72. The number of sulfonamides is 1. The molecule has 7 nitrogen and oxygen atoms in total. The second kappa shape index (κ2) is 6.18. The summed E-state index contributed by atoms with van der Waals surface area (Å²) in [7, 11) is -1.88. The van der Waals surface area contributed by atoms with Gasteiger partial charge in [-0.25, -0.2) is 8.42 Å². The molecule has 3 rings (SSSR count). The smallest absolute Gasteiger partial charge is 0.238 e. The van der Waals surface area contributed by atoms with Gasteiger partial charge in [0.2, 0.25) is 15.9 Å². The van der Waals surface area contributed by atoms with Crippen LogP contribution in [0.4, 0.5) is 0 Å². The van der Waals surface area contributed by atoms with Gasteiger partial charge < -0.3 is 5.32 Å². The molecule has 0 saturated carbocycles. The second-order valence-electron chi connectivity index (χ2n) is 6.30. The van der Waals surface area contributed by atoms with Crippen molar-refractivity contribution in [1.29, 1.82) is 0 Å². The van der Waals surface area contributed by atoms with Gasteiger partial charge in [0.05, 0.1) is 11.9 Å². The fraction of sp³-hybridized carbons (Fsp3) is 0.600. The Labute approximate surface area is 136 Å². The van der Waals surface area contributed by atoms with E-state index in [-0.39, 0.29) is 17.9 Å². The minimum absolute atomic E-state index is 0.129. The number of hydrogen-bond acceptors (Lipinski definition) is 5. The van der Waals surface area contributed by atoms with Gasteiger partial charge in [-0.1, -0.05) is 6.07 Å². The third kappa shape index (κ3) is 3.24. The number of likely N-dealkylation sites (tertiary alicyclic amines) is 1. The molecule has 1 aromatic heterocycles. The Morgan fingerprint density at radius 2 is 2.17 bits per heavy atom. The summed E-state index contributed by atoms with van der Waals surface area (Å²) >= 11 is 0. The maximum Gasteiger partial charge on any atom is 0.238 e. The number of nitrogens with zero attached hydrogens (tertiary/aromatic N) is 3. The van der Waals surface area contributed by atoms with Crippen LogP contribution >= 0.6 is 0 Å². The molecule has 0 aromatic carbocycles. The first kappa shape index (κ1) is 16.4. The molecular weight excluding hydrogens is 316 g/mol. The Morgan fingerprint density at radius 3 is 2.78 bits per heavy atom. The van der Waals surface area contributed by atoms with Crippen LogP contribution < -0.4 is 5.32 Å². The first-order valence-corrected chi connectivity index (χ1v) is 9.57. The molecule has 2 saturated heterocycles. The largest absolute Gasteiger partial charge is 0.358 e. The van der Waals surface area contributed by atoms with Gasteiger partial charge in [0.1, 0.15) is 6.04 Å². The lowest BCUT2D eigenvalue weighted by Gasteiger charge is -2.27. The molecule has 0 aliphatic carbocycles. The van der Waals surface area contributed by atoms with E-state index in [0.29, 0.717) is 19.5 Å². The predicted molar refractivity (Wildman–Crippen MR) is 85.9 cm³/mol. The molecule has 3 atom stereocenters. The maximum absolute atomic E-state index is 12.2. The number of likely N-dealkylation sites (N-methyl/N-ethyl adjacent to an activating group) is 1. The molecule has 8 heteroatoms. The van der Waals surface area contributed by atoms with E-state index in [4.69, 9.17) is 0 Å². The monoisotopic (exact) mass is 338 g/mol. The number of pyridine rings is 1. The van der Waals surface area contributed by atoms with Gasteiger partial charge in [-0.2, -0.15) is 4.31 Å². The molecule has 2 aliphatic heterocycles. The third-order valence-electron chi connectivity index (χ3n) is 4.69. The van der Waals surface area contributed by atoms with Crippen LogP contribution in [0.5, 0.6) is 0 Å². The van der Waals surface area contributed by atoms with Crippen molar-refractivity contribution in [3.63, 3.8) is 0 Å². The molecule has 2 fully saturated rings. The van der Waals surface area contributed by atoms with E-state index in [1.54, 1.807) is 13.2 Å². The van der Waals surface area contributed by atoms with Crippen molar-refractivity contribution in [2.45, 2.75) is 25.0 Å². The van der Waals surface area contributed by atoms with Crippen LogP contribution in [0.25, 0.3) is 0 Å². The molecular formula is C15H22N4O3S. The zero-order valence-corrected chi connectivity index (χ0v) is 14.2. The van der Waals surface area contributed by atoms with Gasteiger partial charge in [-0.15, -0.1) is 0 Å². The normalized spacial score (nSPS) is 28.7. The summed E-state index contributed by atoms with van der Waals surface area (Å²) in [6.45, 7) is 2.14. The quantitative estimate of drug-likeness (QED) is 0.812. The molecule has 0 unspecified atom stereocenters. The maximum atomic E-state index is 12.2. The Balaban J connectivity index is 1.76. The minimum atomic E-state index is -3.43. The lowest BCUT2D eigenvalue weighted by Crippen LogP contribution is -2.49. The molecule has 2 aliphatic rings. The molecule has 1 aromatic rings. The summed E-state index contributed by atoms with van der Waals surface area (Å²) in [5, 5.41) is 2.58. The van der Waals surface area contributed by atoms with E-state index >= 15 is 0 Å². The fourth-order valence-corrected chi connectivity index (χ4v) is 5.17. The lowest BCUT2D eigenvalue weighted by atomic mass is 10.0. The number of nitrogens with one attached hydrogen (secondary N) is 1. The summed E-state index contributed by atoms with van der Waals surface area (Å²) in [5.74, 6) is -0.0307. The van der Waals surface area contributed by atoms with Crippen LogP contribution in [0.15, 0.2) is 24.4 Å². The van der Waals surface area contributed by atoms with E-state index < -0.39 is 16.1 Å². The van der Waals surface area contributed by atoms with E-state index in [9.17, 15) is 13.2 Å². The SMILES string of the molecule is CNC(=O)[C@H]1C[C@@H]2CN(Cc3ccccn3)C[C@@H]2N1S(C)(=O)=O. The molecule has 1 amide bonds. The Hall–Kier alpha value is -1.51. The number of carbonyl (C=O) groups is 1. The zero-order valence-electron chi connectivity index (χ0n) is 13.3. The number of amides is 1. The standard InChI is InChI=1S/C15H22N4O3S/c1-16-15(20)13-7-11-8-18(9-12-5-3-4-6-17-12)10-14(11)19(13)23(2,21)22/h3-6,11,13-14H,7-10H2,1-2H3,(H,16,20)/t11-,13-,14+/m1/s1. The predicted octanol–water partition coefficient (Wildman–Crippen LogP) is -0.338. The van der Waals surface area contributed by atoms with Crippen molar-refractivity contribution in [1.82, 2.24) is 19.5 Å². The summed E-state index contributed by atoms with van der Waals surface area (Å²) in [4.78, 5) is 18.6. The Morgan fingerprint density at radius 1 is 1.39 bits per heavy atom. The summed E-state index contributed by atoms with van der Waals surface area (Å²) in [6.07, 6.45) is 3.53. The number of carbonyl (C=O) groups excluding carboxylic acids is 1. The van der Waals surface area contributed by atoms with Crippen LogP contribution in [0, 0.1) is 5.92 Å². The highest BCUT2D eigenvalue weighted by Crippen LogP contribution is 2.37. The van der Waals surface area contributed by atoms with E-state index in [2.05, 4.69) is 15.2 Å². The van der Waals surface area contributed by atoms with Crippen LogP contribution in [0.3, 0.4) is 0 Å². The minimum Gasteiger partial charge on any atom is -0.358 e. The van der Waals surface area contributed by atoms with Crippen LogP contribution in [0.1, 0.15) is 12.1 Å². The van der Waals surface area contributed by atoms with Crippen molar-refractivity contribution in [3.8, 4) is 0 Å². The van der Waals surface area contributed by atoms with Crippen molar-refractivity contribution < 1.29 is 13.2 Å². The third-order valence-corrected chi connectivity index (χ3v) is 5.98. The van der Waals surface area contributed by atoms with Gasteiger partial charge in [0, 0.05) is 38.9 Å². The van der Waals surface area contributed by atoms with Crippen molar-refractivity contribution in [2.24, 2.45) is 5.92 Å².